The molecule has 1 aliphatic rings. The van der Waals surface area contributed by atoms with Gasteiger partial charge in [0.1, 0.15) is 0 Å². The van der Waals surface area contributed by atoms with Crippen LogP contribution >= 0.6 is 0 Å². The summed E-state index contributed by atoms with van der Waals surface area (Å²) in [5.74, 6) is 0.278. The third-order valence-corrected chi connectivity index (χ3v) is 2.84. The zero-order valence-electron chi connectivity index (χ0n) is 10.3. The number of methoxy groups -OCH3 is 1. The van der Waals surface area contributed by atoms with Crippen molar-refractivity contribution in [2.24, 2.45) is 0 Å². The zero-order chi connectivity index (χ0) is 13.0. The summed E-state index contributed by atoms with van der Waals surface area (Å²) in [5.41, 5.74) is 0.814. The number of hydrogen-bond donors (Lipinski definition) is 2. The number of benzene rings is 1. The second-order valence-corrected chi connectivity index (χ2v) is 4.30. The maximum absolute atomic E-state index is 10.7. The van der Waals surface area contributed by atoms with Gasteiger partial charge >= 0.3 is 5.69 Å². The molecule has 0 amide bonds. The Bertz CT molecular complexity index is 433. The van der Waals surface area contributed by atoms with Crippen LogP contribution in [0, 0.1) is 10.1 Å². The van der Waals surface area contributed by atoms with Crippen molar-refractivity contribution < 1.29 is 9.66 Å². The molecule has 0 heterocycles. The smallest absolute Gasteiger partial charge is 0.311 e. The van der Waals surface area contributed by atoms with E-state index in [1.165, 1.54) is 26.0 Å². The molecule has 1 aliphatic carbocycles. The van der Waals surface area contributed by atoms with Gasteiger partial charge in [0.15, 0.2) is 5.75 Å². The molecule has 98 valence electrons. The molecule has 2 rings (SSSR count). The van der Waals surface area contributed by atoms with Crippen molar-refractivity contribution in [3.63, 3.8) is 0 Å². The van der Waals surface area contributed by atoms with Gasteiger partial charge in [0.2, 0.25) is 0 Å². The van der Waals surface area contributed by atoms with Crippen molar-refractivity contribution in [1.29, 1.82) is 0 Å². The summed E-state index contributed by atoms with van der Waals surface area (Å²) in [5, 5.41) is 17.3. The van der Waals surface area contributed by atoms with Crippen LogP contribution in [-0.2, 0) is 0 Å². The minimum Gasteiger partial charge on any atom is -0.490 e. The number of nitrogens with one attached hydrogen (secondary N) is 2. The Balaban J connectivity index is 1.89. The molecule has 0 atom stereocenters. The first kappa shape index (κ1) is 12.6. The van der Waals surface area contributed by atoms with Crippen LogP contribution in [0.15, 0.2) is 18.2 Å². The van der Waals surface area contributed by atoms with Gasteiger partial charge in [-0.25, -0.2) is 0 Å². The van der Waals surface area contributed by atoms with Crippen molar-refractivity contribution in [3.8, 4) is 5.75 Å². The van der Waals surface area contributed by atoms with Gasteiger partial charge in [0.25, 0.3) is 0 Å². The van der Waals surface area contributed by atoms with E-state index in [9.17, 15) is 10.1 Å². The minimum absolute atomic E-state index is 0.0147. The van der Waals surface area contributed by atoms with E-state index in [1.54, 1.807) is 12.1 Å². The summed E-state index contributed by atoms with van der Waals surface area (Å²) in [6.07, 6.45) is 2.54. The molecule has 1 aromatic rings. The van der Waals surface area contributed by atoms with Gasteiger partial charge in [0, 0.05) is 37.0 Å². The van der Waals surface area contributed by atoms with Crippen molar-refractivity contribution >= 4 is 11.4 Å². The predicted molar refractivity (Wildman–Crippen MR) is 69.2 cm³/mol. The molecule has 1 fully saturated rings. The third kappa shape index (κ3) is 3.33. The van der Waals surface area contributed by atoms with Gasteiger partial charge in [-0.3, -0.25) is 10.1 Å². The molecular weight excluding hydrogens is 234 g/mol. The maximum atomic E-state index is 10.7. The number of nitro benzene ring substituents is 1. The summed E-state index contributed by atoms with van der Waals surface area (Å²) in [6.45, 7) is 1.68. The number of anilines is 1. The van der Waals surface area contributed by atoms with Gasteiger partial charge in [-0.05, 0) is 18.9 Å². The summed E-state index contributed by atoms with van der Waals surface area (Å²) in [4.78, 5) is 10.3. The minimum atomic E-state index is -0.447. The van der Waals surface area contributed by atoms with E-state index in [0.29, 0.717) is 6.04 Å². The molecular formula is C12H17N3O3. The lowest BCUT2D eigenvalue weighted by Gasteiger charge is -2.08. The van der Waals surface area contributed by atoms with Gasteiger partial charge in [-0.15, -0.1) is 0 Å². The van der Waals surface area contributed by atoms with Crippen LogP contribution in [0.4, 0.5) is 11.4 Å². The van der Waals surface area contributed by atoms with E-state index in [-0.39, 0.29) is 11.4 Å². The van der Waals surface area contributed by atoms with Gasteiger partial charge in [0.05, 0.1) is 12.0 Å². The van der Waals surface area contributed by atoms with E-state index < -0.39 is 4.92 Å². The van der Waals surface area contributed by atoms with Crippen LogP contribution in [0.3, 0.4) is 0 Å². The predicted octanol–water partition coefficient (Wildman–Crippen LogP) is 1.77. The highest BCUT2D eigenvalue weighted by Gasteiger charge is 2.19. The lowest BCUT2D eigenvalue weighted by molar-refractivity contribution is -0.385. The molecule has 0 aromatic heterocycles. The second-order valence-electron chi connectivity index (χ2n) is 4.30. The van der Waals surface area contributed by atoms with E-state index in [0.717, 1.165) is 18.8 Å². The largest absolute Gasteiger partial charge is 0.490 e. The first-order valence-corrected chi connectivity index (χ1v) is 6.00. The standard InChI is InChI=1S/C12H17N3O3/c1-18-12-8-10(4-5-11(12)15(16)17)14-7-6-13-9-2-3-9/h4-5,8-9,13-14H,2-3,6-7H2,1H3. The molecule has 1 aromatic carbocycles. The molecule has 0 spiro atoms. The average Bonchev–Trinajstić information content (AvgIpc) is 3.18. The van der Waals surface area contributed by atoms with Crippen molar-refractivity contribution in [1.82, 2.24) is 5.32 Å². The Labute approximate surface area is 105 Å². The lowest BCUT2D eigenvalue weighted by Crippen LogP contribution is -2.23. The van der Waals surface area contributed by atoms with Crippen LogP contribution in [-0.4, -0.2) is 31.2 Å². The summed E-state index contributed by atoms with van der Waals surface area (Å²) < 4.78 is 5.00. The quantitative estimate of drug-likeness (QED) is 0.439. The molecule has 18 heavy (non-hydrogen) atoms. The Morgan fingerprint density at radius 3 is 2.83 bits per heavy atom. The van der Waals surface area contributed by atoms with Crippen LogP contribution in [0.1, 0.15) is 12.8 Å². The summed E-state index contributed by atoms with van der Waals surface area (Å²) in [6, 6.07) is 5.49. The highest BCUT2D eigenvalue weighted by molar-refractivity contribution is 5.57. The molecule has 0 radical (unpaired) electrons. The topological polar surface area (TPSA) is 76.4 Å². The molecule has 2 N–H and O–H groups in total. The van der Waals surface area contributed by atoms with E-state index in [2.05, 4.69) is 10.6 Å². The first-order chi connectivity index (χ1) is 8.70. The highest BCUT2D eigenvalue weighted by Crippen LogP contribution is 2.29. The van der Waals surface area contributed by atoms with E-state index in [1.807, 2.05) is 0 Å². The van der Waals surface area contributed by atoms with E-state index in [4.69, 9.17) is 4.74 Å². The number of hydrogen-bond acceptors (Lipinski definition) is 5. The van der Waals surface area contributed by atoms with Crippen molar-refractivity contribution in [2.75, 3.05) is 25.5 Å². The van der Waals surface area contributed by atoms with Crippen LogP contribution in [0.2, 0.25) is 0 Å². The first-order valence-electron chi connectivity index (χ1n) is 6.00. The van der Waals surface area contributed by atoms with Gasteiger partial charge in [-0.2, -0.15) is 0 Å². The number of nitro groups is 1. The third-order valence-electron chi connectivity index (χ3n) is 2.84. The van der Waals surface area contributed by atoms with Crippen LogP contribution in [0.5, 0.6) is 5.75 Å². The molecule has 0 aliphatic heterocycles. The monoisotopic (exact) mass is 251 g/mol. The fourth-order valence-electron chi connectivity index (χ4n) is 1.71. The SMILES string of the molecule is COc1cc(NCCNC2CC2)ccc1[N+](=O)[O-]. The van der Waals surface area contributed by atoms with E-state index >= 15 is 0 Å². The highest BCUT2D eigenvalue weighted by atomic mass is 16.6. The summed E-state index contributed by atoms with van der Waals surface area (Å²) in [7, 11) is 1.43. The van der Waals surface area contributed by atoms with Crippen LogP contribution in [0.25, 0.3) is 0 Å². The fraction of sp³-hybridized carbons (Fsp3) is 0.500. The lowest BCUT2D eigenvalue weighted by atomic mass is 10.2. The fourth-order valence-corrected chi connectivity index (χ4v) is 1.71. The number of nitrogens with zero attached hydrogens (tertiary/aromatic N) is 1. The molecule has 6 nitrogen and oxygen atoms in total. The van der Waals surface area contributed by atoms with Crippen molar-refractivity contribution in [3.05, 3.63) is 28.3 Å². The maximum Gasteiger partial charge on any atom is 0.311 e. The summed E-state index contributed by atoms with van der Waals surface area (Å²) >= 11 is 0. The second kappa shape index (κ2) is 5.68. The number of rotatable bonds is 7. The Kier molecular flexibility index (Phi) is 3.99. The Hall–Kier alpha value is -1.82. The Morgan fingerprint density at radius 1 is 1.44 bits per heavy atom. The van der Waals surface area contributed by atoms with Gasteiger partial charge < -0.3 is 15.4 Å². The molecule has 6 heteroatoms. The van der Waals surface area contributed by atoms with Crippen molar-refractivity contribution in [2.45, 2.75) is 18.9 Å². The van der Waals surface area contributed by atoms with Crippen LogP contribution < -0.4 is 15.4 Å². The van der Waals surface area contributed by atoms with Gasteiger partial charge in [-0.1, -0.05) is 0 Å². The average molecular weight is 251 g/mol. The Morgan fingerprint density at radius 2 is 2.22 bits per heavy atom. The molecule has 0 saturated heterocycles. The molecule has 1 saturated carbocycles. The number of ether oxygens (including phenoxy) is 1. The zero-order valence-corrected chi connectivity index (χ0v) is 10.3. The normalized spacial score (nSPS) is 14.3. The molecule has 0 unspecified atom stereocenters. The molecule has 0 bridgehead atoms.